The normalized spacial score (nSPS) is 12.6. The van der Waals surface area contributed by atoms with Gasteiger partial charge in [0, 0.05) is 15.8 Å². The number of thiol groups is 1. The van der Waals surface area contributed by atoms with Crippen LogP contribution < -0.4 is 5.73 Å². The van der Waals surface area contributed by atoms with Gasteiger partial charge in [-0.1, -0.05) is 24.3 Å². The first kappa shape index (κ1) is 23.6. The Bertz CT molecular complexity index is 1360. The Hall–Kier alpha value is -3.60. The molecular weight excluding hydrogens is 478 g/mol. The lowest BCUT2D eigenvalue weighted by atomic mass is 10.0. The maximum absolute atomic E-state index is 13.1. The molecule has 4 nitrogen and oxygen atoms in total. The van der Waals surface area contributed by atoms with Gasteiger partial charge in [0.25, 0.3) is 0 Å². The molecule has 0 aliphatic rings. The Morgan fingerprint density at radius 1 is 0.765 bits per heavy atom. The lowest BCUT2D eigenvalue weighted by Gasteiger charge is -2.14. The van der Waals surface area contributed by atoms with E-state index in [0.717, 1.165) is 10.8 Å². The molecule has 174 valence electrons. The van der Waals surface area contributed by atoms with Crippen molar-refractivity contribution in [2.45, 2.75) is 17.2 Å². The molecular formula is C23H14F6N4S. The number of halogens is 6. The molecule has 0 bridgehead atoms. The zero-order chi connectivity index (χ0) is 24.7. The van der Waals surface area contributed by atoms with Gasteiger partial charge in [0.05, 0.1) is 28.7 Å². The van der Waals surface area contributed by atoms with Crippen LogP contribution in [0.4, 0.5) is 43.4 Å². The van der Waals surface area contributed by atoms with E-state index in [-0.39, 0.29) is 23.0 Å². The fraction of sp³-hybridized carbons (Fsp3) is 0.0870. The van der Waals surface area contributed by atoms with E-state index >= 15 is 0 Å². The Kier molecular flexibility index (Phi) is 5.98. The molecule has 34 heavy (non-hydrogen) atoms. The predicted molar refractivity (Wildman–Crippen MR) is 119 cm³/mol. The zero-order valence-electron chi connectivity index (χ0n) is 17.0. The summed E-state index contributed by atoms with van der Waals surface area (Å²) in [5.41, 5.74) is 3.86. The van der Waals surface area contributed by atoms with E-state index in [2.05, 4.69) is 27.8 Å². The van der Waals surface area contributed by atoms with Gasteiger partial charge in [0.15, 0.2) is 0 Å². The van der Waals surface area contributed by atoms with E-state index in [1.165, 1.54) is 18.3 Å². The second kappa shape index (κ2) is 8.64. The number of pyridine rings is 1. The molecule has 1 aromatic heterocycles. The molecule has 1 heterocycles. The lowest BCUT2D eigenvalue weighted by molar-refractivity contribution is -0.143. The van der Waals surface area contributed by atoms with Crippen LogP contribution in [-0.2, 0) is 12.4 Å². The van der Waals surface area contributed by atoms with Crippen molar-refractivity contribution in [2.75, 3.05) is 5.73 Å². The summed E-state index contributed by atoms with van der Waals surface area (Å²) in [6, 6.07) is 12.9. The molecule has 2 N–H and O–H groups in total. The molecule has 0 aliphatic heterocycles. The molecule has 11 heteroatoms. The number of alkyl halides is 6. The number of fused-ring (bicyclic) bond motifs is 1. The molecule has 0 saturated carbocycles. The summed E-state index contributed by atoms with van der Waals surface area (Å²) in [5.74, 6) is 0. The highest BCUT2D eigenvalue weighted by atomic mass is 32.1. The minimum atomic E-state index is -4.95. The third-order valence-electron chi connectivity index (χ3n) is 4.95. The molecule has 0 unspecified atom stereocenters. The Morgan fingerprint density at radius 3 is 1.94 bits per heavy atom. The number of hydrogen-bond acceptors (Lipinski definition) is 5. The van der Waals surface area contributed by atoms with Gasteiger partial charge in [-0.15, -0.1) is 22.9 Å². The summed E-state index contributed by atoms with van der Waals surface area (Å²) < 4.78 is 78.6. The van der Waals surface area contributed by atoms with E-state index in [9.17, 15) is 26.3 Å². The third kappa shape index (κ3) is 4.84. The number of nitrogen functional groups attached to an aromatic ring is 1. The standard InChI is InChI=1S/C23H14F6N4S/c24-22(25,26)13-7-12(8-14(9-13)23(27,28)29)18-6-5-15(11-31-18)32-33-19-10-20(34)16-3-1-2-4-17(16)21(19)30/h1-11,34H,30H2. The van der Waals surface area contributed by atoms with Crippen molar-refractivity contribution >= 4 is 40.5 Å². The van der Waals surface area contributed by atoms with Crippen molar-refractivity contribution in [3.05, 3.63) is 78.0 Å². The summed E-state index contributed by atoms with van der Waals surface area (Å²) in [4.78, 5) is 4.60. The molecule has 4 rings (SSSR count). The fourth-order valence-corrected chi connectivity index (χ4v) is 3.59. The highest BCUT2D eigenvalue weighted by Gasteiger charge is 2.37. The Balaban J connectivity index is 1.67. The van der Waals surface area contributed by atoms with Crippen LogP contribution in [-0.4, -0.2) is 4.98 Å². The van der Waals surface area contributed by atoms with Crippen LogP contribution in [0, 0.1) is 0 Å². The van der Waals surface area contributed by atoms with Crippen LogP contribution in [0.2, 0.25) is 0 Å². The van der Waals surface area contributed by atoms with Crippen LogP contribution in [0.5, 0.6) is 0 Å². The maximum atomic E-state index is 13.1. The Labute approximate surface area is 194 Å². The van der Waals surface area contributed by atoms with Crippen LogP contribution >= 0.6 is 12.6 Å². The van der Waals surface area contributed by atoms with Gasteiger partial charge >= 0.3 is 12.4 Å². The van der Waals surface area contributed by atoms with Gasteiger partial charge in [-0.2, -0.15) is 26.3 Å². The molecule has 0 radical (unpaired) electrons. The van der Waals surface area contributed by atoms with Crippen molar-refractivity contribution in [1.29, 1.82) is 0 Å². The maximum Gasteiger partial charge on any atom is 0.416 e. The summed E-state index contributed by atoms with van der Waals surface area (Å²) >= 11 is 4.43. The molecule has 0 aliphatic carbocycles. The number of anilines is 1. The highest BCUT2D eigenvalue weighted by molar-refractivity contribution is 7.80. The summed E-state index contributed by atoms with van der Waals surface area (Å²) in [7, 11) is 0. The summed E-state index contributed by atoms with van der Waals surface area (Å²) in [5, 5.41) is 9.70. The van der Waals surface area contributed by atoms with E-state index < -0.39 is 23.5 Å². The molecule has 4 aromatic rings. The van der Waals surface area contributed by atoms with Crippen molar-refractivity contribution in [1.82, 2.24) is 4.98 Å². The largest absolute Gasteiger partial charge is 0.416 e. The first-order valence-electron chi connectivity index (χ1n) is 9.61. The molecule has 0 fully saturated rings. The van der Waals surface area contributed by atoms with Crippen LogP contribution in [0.25, 0.3) is 22.0 Å². The number of hydrogen-bond donors (Lipinski definition) is 2. The average molecular weight is 492 g/mol. The fourth-order valence-electron chi connectivity index (χ4n) is 3.28. The van der Waals surface area contributed by atoms with Gasteiger partial charge in [-0.05, 0) is 41.8 Å². The molecule has 0 amide bonds. The monoisotopic (exact) mass is 492 g/mol. The van der Waals surface area contributed by atoms with Crippen LogP contribution in [0.3, 0.4) is 0 Å². The number of benzene rings is 3. The van der Waals surface area contributed by atoms with Gasteiger partial charge < -0.3 is 5.73 Å². The number of rotatable bonds is 3. The van der Waals surface area contributed by atoms with E-state index in [1.807, 2.05) is 24.3 Å². The number of nitrogens with zero attached hydrogens (tertiary/aromatic N) is 3. The molecule has 0 atom stereocenters. The van der Waals surface area contributed by atoms with Gasteiger partial charge in [0.2, 0.25) is 0 Å². The average Bonchev–Trinajstić information content (AvgIpc) is 2.79. The summed E-state index contributed by atoms with van der Waals surface area (Å²) in [6.45, 7) is 0. The SMILES string of the molecule is Nc1c(N=Nc2ccc(-c3cc(C(F)(F)F)cc(C(F)(F)F)c3)nc2)cc(S)c2ccccc12. The predicted octanol–water partition coefficient (Wildman–Crippen LogP) is 8.23. The third-order valence-corrected chi connectivity index (χ3v) is 5.32. The minimum absolute atomic E-state index is 0.0652. The van der Waals surface area contributed by atoms with E-state index in [0.29, 0.717) is 28.4 Å². The van der Waals surface area contributed by atoms with E-state index in [1.54, 1.807) is 6.07 Å². The number of aromatic nitrogens is 1. The van der Waals surface area contributed by atoms with Crippen molar-refractivity contribution in [3.8, 4) is 11.3 Å². The van der Waals surface area contributed by atoms with Crippen molar-refractivity contribution in [3.63, 3.8) is 0 Å². The van der Waals surface area contributed by atoms with Crippen LogP contribution in [0.1, 0.15) is 11.1 Å². The van der Waals surface area contributed by atoms with Crippen LogP contribution in [0.15, 0.2) is 82.0 Å². The van der Waals surface area contributed by atoms with Gasteiger partial charge in [-0.25, -0.2) is 0 Å². The lowest BCUT2D eigenvalue weighted by Crippen LogP contribution is -2.11. The molecule has 0 saturated heterocycles. The van der Waals surface area contributed by atoms with Crippen molar-refractivity contribution in [2.24, 2.45) is 10.2 Å². The summed E-state index contributed by atoms with van der Waals surface area (Å²) in [6.07, 6.45) is -8.71. The number of azo groups is 1. The zero-order valence-corrected chi connectivity index (χ0v) is 17.9. The van der Waals surface area contributed by atoms with Gasteiger partial charge in [-0.3, -0.25) is 4.98 Å². The second-order valence-corrected chi connectivity index (χ2v) is 7.75. The number of nitrogens with two attached hydrogens (primary N) is 1. The highest BCUT2D eigenvalue weighted by Crippen LogP contribution is 2.39. The topological polar surface area (TPSA) is 63.6 Å². The molecule has 3 aromatic carbocycles. The van der Waals surface area contributed by atoms with Crippen molar-refractivity contribution < 1.29 is 26.3 Å². The Morgan fingerprint density at radius 2 is 1.38 bits per heavy atom. The molecule has 0 spiro atoms. The minimum Gasteiger partial charge on any atom is -0.396 e. The second-order valence-electron chi connectivity index (χ2n) is 7.27. The first-order chi connectivity index (χ1) is 15.9. The first-order valence-corrected chi connectivity index (χ1v) is 10.1. The smallest absolute Gasteiger partial charge is 0.396 e. The van der Waals surface area contributed by atoms with E-state index in [4.69, 9.17) is 5.73 Å². The quantitative estimate of drug-likeness (QED) is 0.131. The van der Waals surface area contributed by atoms with Gasteiger partial charge in [0.1, 0.15) is 11.4 Å².